The number of hydrogen-bond acceptors (Lipinski definition) is 3. The van der Waals surface area contributed by atoms with Gasteiger partial charge < -0.3 is 5.73 Å². The van der Waals surface area contributed by atoms with Gasteiger partial charge in [0.15, 0.2) is 0 Å². The molecule has 0 aliphatic heterocycles. The molecule has 1 aromatic carbocycles. The lowest BCUT2D eigenvalue weighted by molar-refractivity contribution is 0.604. The summed E-state index contributed by atoms with van der Waals surface area (Å²) >= 11 is 1.84. The second kappa shape index (κ2) is 4.39. The third-order valence-electron chi connectivity index (χ3n) is 3.27. The molecule has 0 heterocycles. The van der Waals surface area contributed by atoms with Crippen LogP contribution in [0.2, 0.25) is 0 Å². The first-order valence-electron chi connectivity index (χ1n) is 5.52. The van der Waals surface area contributed by atoms with Crippen molar-refractivity contribution in [1.29, 1.82) is 5.26 Å². The van der Waals surface area contributed by atoms with Crippen LogP contribution in [0, 0.1) is 23.7 Å². The molecule has 1 saturated carbocycles. The summed E-state index contributed by atoms with van der Waals surface area (Å²) in [5, 5.41) is 8.76. The van der Waals surface area contributed by atoms with Crippen molar-refractivity contribution >= 4 is 17.4 Å². The van der Waals surface area contributed by atoms with Gasteiger partial charge in [0.25, 0.3) is 0 Å². The molecule has 1 aliphatic carbocycles. The van der Waals surface area contributed by atoms with Gasteiger partial charge in [-0.2, -0.15) is 5.26 Å². The van der Waals surface area contributed by atoms with Gasteiger partial charge in [-0.1, -0.05) is 6.07 Å². The van der Waals surface area contributed by atoms with Crippen LogP contribution >= 0.6 is 11.8 Å². The minimum Gasteiger partial charge on any atom is -0.398 e. The number of nitriles is 1. The number of nitrogen functional groups attached to an aromatic ring is 1. The first kappa shape index (κ1) is 11.3. The van der Waals surface area contributed by atoms with Crippen molar-refractivity contribution in [2.45, 2.75) is 31.1 Å². The van der Waals surface area contributed by atoms with Crippen LogP contribution < -0.4 is 5.73 Å². The van der Waals surface area contributed by atoms with Gasteiger partial charge in [0.2, 0.25) is 0 Å². The monoisotopic (exact) mass is 232 g/mol. The number of nitrogens with zero attached hydrogens (tertiary/aromatic N) is 1. The molecule has 0 unspecified atom stereocenters. The molecule has 0 atom stereocenters. The first-order chi connectivity index (χ1) is 7.67. The first-order valence-corrected chi connectivity index (χ1v) is 6.50. The Hall–Kier alpha value is -1.14. The molecule has 0 spiro atoms. The summed E-state index contributed by atoms with van der Waals surface area (Å²) in [6.45, 7) is 2.06. The highest BCUT2D eigenvalue weighted by molar-refractivity contribution is 7.99. The molecule has 84 valence electrons. The molecule has 0 saturated heterocycles. The average Bonchev–Trinajstić information content (AvgIpc) is 3.02. The van der Waals surface area contributed by atoms with Crippen molar-refractivity contribution in [2.24, 2.45) is 5.41 Å². The quantitative estimate of drug-likeness (QED) is 0.639. The molecule has 1 aliphatic rings. The van der Waals surface area contributed by atoms with Crippen LogP contribution in [0.3, 0.4) is 0 Å². The van der Waals surface area contributed by atoms with Gasteiger partial charge in [0, 0.05) is 22.8 Å². The second-order valence-corrected chi connectivity index (χ2v) is 5.61. The molecule has 2 N–H and O–H groups in total. The Labute approximate surface area is 101 Å². The summed E-state index contributed by atoms with van der Waals surface area (Å²) in [4.78, 5) is 1.25. The zero-order valence-corrected chi connectivity index (χ0v) is 10.3. The Morgan fingerprint density at radius 2 is 2.25 bits per heavy atom. The molecule has 0 bridgehead atoms. The van der Waals surface area contributed by atoms with Crippen LogP contribution in [0.25, 0.3) is 0 Å². The van der Waals surface area contributed by atoms with Crippen molar-refractivity contribution in [3.05, 3.63) is 23.8 Å². The summed E-state index contributed by atoms with van der Waals surface area (Å²) in [5.74, 6) is 1.05. The number of nitrogens with two attached hydrogens (primary N) is 1. The highest BCUT2D eigenvalue weighted by Gasteiger charge is 2.42. The second-order valence-electron chi connectivity index (χ2n) is 4.59. The minimum atomic E-state index is 0.302. The molecule has 0 aromatic heterocycles. The van der Waals surface area contributed by atoms with E-state index in [1.807, 2.05) is 23.9 Å². The van der Waals surface area contributed by atoms with E-state index in [1.54, 1.807) is 0 Å². The summed E-state index contributed by atoms with van der Waals surface area (Å²) < 4.78 is 0. The van der Waals surface area contributed by atoms with E-state index in [4.69, 9.17) is 11.0 Å². The van der Waals surface area contributed by atoms with E-state index in [0.717, 1.165) is 11.4 Å². The van der Waals surface area contributed by atoms with Crippen molar-refractivity contribution in [1.82, 2.24) is 0 Å². The SMILES string of the molecule is Cc1c(N)cccc1SCC1(CC#N)CC1. The van der Waals surface area contributed by atoms with Crippen LogP contribution in [-0.2, 0) is 0 Å². The van der Waals surface area contributed by atoms with Crippen molar-refractivity contribution in [2.75, 3.05) is 11.5 Å². The molecule has 0 amide bonds. The van der Waals surface area contributed by atoms with E-state index in [-0.39, 0.29) is 0 Å². The van der Waals surface area contributed by atoms with E-state index in [2.05, 4.69) is 19.1 Å². The lowest BCUT2D eigenvalue weighted by atomic mass is 10.1. The van der Waals surface area contributed by atoms with Gasteiger partial charge >= 0.3 is 0 Å². The summed E-state index contributed by atoms with van der Waals surface area (Å²) in [7, 11) is 0. The highest BCUT2D eigenvalue weighted by atomic mass is 32.2. The largest absolute Gasteiger partial charge is 0.398 e. The topological polar surface area (TPSA) is 49.8 Å². The Morgan fingerprint density at radius 3 is 2.88 bits per heavy atom. The fourth-order valence-electron chi connectivity index (χ4n) is 1.74. The number of rotatable bonds is 4. The lowest BCUT2D eigenvalue weighted by Gasteiger charge is -2.12. The fourth-order valence-corrected chi connectivity index (χ4v) is 3.10. The molecular weight excluding hydrogens is 216 g/mol. The van der Waals surface area contributed by atoms with Crippen molar-refractivity contribution in [3.8, 4) is 6.07 Å². The van der Waals surface area contributed by atoms with Crippen LogP contribution in [-0.4, -0.2) is 5.75 Å². The molecule has 1 fully saturated rings. The number of benzene rings is 1. The predicted octanol–water partition coefficient (Wildman–Crippen LogP) is 3.36. The smallest absolute Gasteiger partial charge is 0.0627 e. The third-order valence-corrected chi connectivity index (χ3v) is 4.78. The lowest BCUT2D eigenvalue weighted by Crippen LogP contribution is -2.03. The van der Waals surface area contributed by atoms with E-state index >= 15 is 0 Å². The zero-order valence-electron chi connectivity index (χ0n) is 9.49. The van der Waals surface area contributed by atoms with Crippen molar-refractivity contribution in [3.63, 3.8) is 0 Å². The van der Waals surface area contributed by atoms with Gasteiger partial charge in [-0.25, -0.2) is 0 Å². The maximum atomic E-state index is 8.76. The maximum absolute atomic E-state index is 8.76. The highest BCUT2D eigenvalue weighted by Crippen LogP contribution is 2.52. The van der Waals surface area contributed by atoms with E-state index in [9.17, 15) is 0 Å². The third kappa shape index (κ3) is 2.33. The average molecular weight is 232 g/mol. The summed E-state index contributed by atoms with van der Waals surface area (Å²) in [6, 6.07) is 8.33. The van der Waals surface area contributed by atoms with Crippen LogP contribution in [0.4, 0.5) is 5.69 Å². The fraction of sp³-hybridized carbons (Fsp3) is 0.462. The molecule has 2 nitrogen and oxygen atoms in total. The molecule has 2 rings (SSSR count). The molecule has 1 aromatic rings. The Balaban J connectivity index is 2.00. The van der Waals surface area contributed by atoms with Crippen LogP contribution in [0.1, 0.15) is 24.8 Å². The number of thioether (sulfide) groups is 1. The van der Waals surface area contributed by atoms with Crippen LogP contribution in [0.15, 0.2) is 23.1 Å². The summed E-state index contributed by atoms with van der Waals surface area (Å²) in [5.41, 5.74) is 8.19. The van der Waals surface area contributed by atoms with Crippen LogP contribution in [0.5, 0.6) is 0 Å². The van der Waals surface area contributed by atoms with Crippen molar-refractivity contribution < 1.29 is 0 Å². The van der Waals surface area contributed by atoms with E-state index in [1.165, 1.54) is 23.3 Å². The molecule has 16 heavy (non-hydrogen) atoms. The Bertz CT molecular complexity index is 430. The van der Waals surface area contributed by atoms with Gasteiger partial charge in [-0.05, 0) is 42.9 Å². The number of anilines is 1. The standard InChI is InChI=1S/C13H16N2S/c1-10-11(15)3-2-4-12(10)16-9-13(5-6-13)7-8-14/h2-4H,5-7,9,15H2,1H3. The zero-order chi connectivity index (χ0) is 11.6. The minimum absolute atomic E-state index is 0.302. The Kier molecular flexibility index (Phi) is 3.11. The predicted molar refractivity (Wildman–Crippen MR) is 68.2 cm³/mol. The van der Waals surface area contributed by atoms with Gasteiger partial charge in [0.1, 0.15) is 0 Å². The normalized spacial score (nSPS) is 16.8. The maximum Gasteiger partial charge on any atom is 0.0627 e. The van der Waals surface area contributed by atoms with Gasteiger partial charge in [0.05, 0.1) is 6.07 Å². The Morgan fingerprint density at radius 1 is 1.50 bits per heavy atom. The summed E-state index contributed by atoms with van der Waals surface area (Å²) in [6.07, 6.45) is 3.10. The van der Waals surface area contributed by atoms with E-state index in [0.29, 0.717) is 11.8 Å². The number of hydrogen-bond donors (Lipinski definition) is 1. The van der Waals surface area contributed by atoms with E-state index < -0.39 is 0 Å². The van der Waals surface area contributed by atoms with Gasteiger partial charge in [-0.3, -0.25) is 0 Å². The molecule has 3 heteroatoms. The van der Waals surface area contributed by atoms with Gasteiger partial charge in [-0.15, -0.1) is 11.8 Å². The molecule has 0 radical (unpaired) electrons. The molecular formula is C13H16N2S.